The highest BCUT2D eigenvalue weighted by Crippen LogP contribution is 2.14. The molecule has 0 unspecified atom stereocenters. The second-order valence-electron chi connectivity index (χ2n) is 4.18. The Bertz CT molecular complexity index is 622. The van der Waals surface area contributed by atoms with Crippen LogP contribution in [0.5, 0.6) is 0 Å². The fourth-order valence-corrected chi connectivity index (χ4v) is 1.81. The maximum Gasteiger partial charge on any atom is 0.258 e. The predicted octanol–water partition coefficient (Wildman–Crippen LogP) is 2.58. The Morgan fingerprint density at radius 1 is 1.26 bits per heavy atom. The lowest BCUT2D eigenvalue weighted by atomic mass is 10.1. The molecule has 5 nitrogen and oxygen atoms in total. The number of nitrogens with one attached hydrogen (secondary N) is 1. The van der Waals surface area contributed by atoms with Gasteiger partial charge < -0.3 is 5.73 Å². The third kappa shape index (κ3) is 3.20. The second kappa shape index (κ2) is 5.24. The molecule has 0 saturated heterocycles. The molecule has 0 atom stereocenters. The summed E-state index contributed by atoms with van der Waals surface area (Å²) in [6, 6.07) is 6.66. The number of rotatable bonds is 2. The predicted molar refractivity (Wildman–Crippen MR) is 75.3 cm³/mol. The van der Waals surface area contributed by atoms with E-state index >= 15 is 0 Å². The van der Waals surface area contributed by atoms with Gasteiger partial charge in [0.25, 0.3) is 5.91 Å². The molecular formula is C13H13ClN4O. The van der Waals surface area contributed by atoms with Crippen molar-refractivity contribution in [3.8, 4) is 0 Å². The summed E-state index contributed by atoms with van der Waals surface area (Å²) >= 11 is 5.81. The van der Waals surface area contributed by atoms with E-state index in [2.05, 4.69) is 15.3 Å². The molecule has 1 aromatic carbocycles. The van der Waals surface area contributed by atoms with E-state index in [0.29, 0.717) is 16.9 Å². The van der Waals surface area contributed by atoms with Crippen molar-refractivity contribution >= 4 is 29.1 Å². The summed E-state index contributed by atoms with van der Waals surface area (Å²) in [5, 5.41) is 2.89. The van der Waals surface area contributed by atoms with Gasteiger partial charge in [0.2, 0.25) is 5.95 Å². The van der Waals surface area contributed by atoms with Crippen molar-refractivity contribution in [2.45, 2.75) is 13.8 Å². The number of nitrogens with two attached hydrogens (primary N) is 1. The van der Waals surface area contributed by atoms with Gasteiger partial charge in [0.15, 0.2) is 0 Å². The molecular weight excluding hydrogens is 264 g/mol. The van der Waals surface area contributed by atoms with Crippen LogP contribution < -0.4 is 11.1 Å². The maximum atomic E-state index is 12.0. The highest BCUT2D eigenvalue weighted by molar-refractivity contribution is 6.29. The first-order valence-corrected chi connectivity index (χ1v) is 6.02. The Morgan fingerprint density at radius 3 is 2.63 bits per heavy atom. The zero-order valence-electron chi connectivity index (χ0n) is 10.6. The average molecular weight is 277 g/mol. The number of amides is 1. The fourth-order valence-electron chi connectivity index (χ4n) is 1.58. The monoisotopic (exact) mass is 276 g/mol. The normalized spacial score (nSPS) is 10.3. The molecule has 1 amide bonds. The number of nitrogen functional groups attached to an aromatic ring is 1. The smallest absolute Gasteiger partial charge is 0.258 e. The Balaban J connectivity index is 2.22. The molecule has 6 heteroatoms. The molecule has 0 saturated carbocycles. The van der Waals surface area contributed by atoms with Crippen LogP contribution in [0.15, 0.2) is 24.3 Å². The summed E-state index contributed by atoms with van der Waals surface area (Å²) in [4.78, 5) is 20.0. The topological polar surface area (TPSA) is 80.9 Å². The van der Waals surface area contributed by atoms with Crippen LogP contribution in [0.2, 0.25) is 5.15 Å². The summed E-state index contributed by atoms with van der Waals surface area (Å²) in [5.74, 6) is -0.116. The largest absolute Gasteiger partial charge is 0.399 e. The molecule has 0 aliphatic carbocycles. The number of carbonyl (C=O) groups excluding carboxylic acids is 1. The van der Waals surface area contributed by atoms with Gasteiger partial charge in [0.1, 0.15) is 5.15 Å². The number of hydrogen-bond donors (Lipinski definition) is 2. The molecule has 1 heterocycles. The van der Waals surface area contributed by atoms with Crippen LogP contribution in [-0.2, 0) is 0 Å². The van der Waals surface area contributed by atoms with Gasteiger partial charge in [-0.15, -0.1) is 0 Å². The first-order chi connectivity index (χ1) is 8.95. The number of carbonyl (C=O) groups is 1. The Kier molecular flexibility index (Phi) is 3.66. The molecule has 2 rings (SSSR count). The van der Waals surface area contributed by atoms with Crippen LogP contribution >= 0.6 is 11.6 Å². The zero-order chi connectivity index (χ0) is 14.0. The van der Waals surface area contributed by atoms with E-state index in [4.69, 9.17) is 17.3 Å². The van der Waals surface area contributed by atoms with Crippen LogP contribution in [0, 0.1) is 13.8 Å². The fraction of sp³-hybridized carbons (Fsp3) is 0.154. The van der Waals surface area contributed by atoms with E-state index in [1.54, 1.807) is 31.2 Å². The van der Waals surface area contributed by atoms with Gasteiger partial charge in [0.05, 0.1) is 0 Å². The Morgan fingerprint density at radius 2 is 2.00 bits per heavy atom. The lowest BCUT2D eigenvalue weighted by Gasteiger charge is -2.06. The molecule has 3 N–H and O–H groups in total. The quantitative estimate of drug-likeness (QED) is 0.652. The van der Waals surface area contributed by atoms with Crippen molar-refractivity contribution in [1.29, 1.82) is 0 Å². The molecule has 0 radical (unpaired) electrons. The van der Waals surface area contributed by atoms with E-state index in [9.17, 15) is 4.79 Å². The minimum atomic E-state index is -0.301. The van der Waals surface area contributed by atoms with Crippen molar-refractivity contribution in [1.82, 2.24) is 9.97 Å². The molecule has 1 aromatic heterocycles. The van der Waals surface area contributed by atoms with Crippen molar-refractivity contribution in [2.75, 3.05) is 11.1 Å². The number of aromatic nitrogens is 2. The van der Waals surface area contributed by atoms with Gasteiger partial charge >= 0.3 is 0 Å². The maximum absolute atomic E-state index is 12.0. The highest BCUT2D eigenvalue weighted by atomic mass is 35.5. The number of benzene rings is 1. The average Bonchev–Trinajstić information content (AvgIpc) is 2.31. The lowest BCUT2D eigenvalue weighted by Crippen LogP contribution is -2.15. The minimum Gasteiger partial charge on any atom is -0.399 e. The van der Waals surface area contributed by atoms with Gasteiger partial charge in [-0.3, -0.25) is 10.1 Å². The van der Waals surface area contributed by atoms with Gasteiger partial charge in [-0.25, -0.2) is 9.97 Å². The molecule has 98 valence electrons. The summed E-state index contributed by atoms with van der Waals surface area (Å²) in [6.07, 6.45) is 0. The summed E-state index contributed by atoms with van der Waals surface area (Å²) in [5.41, 5.74) is 8.37. The summed E-state index contributed by atoms with van der Waals surface area (Å²) in [6.45, 7) is 3.61. The second-order valence-corrected chi connectivity index (χ2v) is 4.57. The summed E-state index contributed by atoms with van der Waals surface area (Å²) in [7, 11) is 0. The highest BCUT2D eigenvalue weighted by Gasteiger charge is 2.09. The van der Waals surface area contributed by atoms with E-state index in [-0.39, 0.29) is 17.0 Å². The standard InChI is InChI=1S/C13H13ClN4O/c1-7-5-9(3-4-10(7)15)12(19)18-13-16-8(2)6-11(14)17-13/h3-6H,15H2,1-2H3,(H,16,17,18,19). The number of nitrogens with zero attached hydrogens (tertiary/aromatic N) is 2. The van der Waals surface area contributed by atoms with E-state index in [1.165, 1.54) is 0 Å². The minimum absolute atomic E-state index is 0.185. The SMILES string of the molecule is Cc1cc(Cl)nc(NC(=O)c2ccc(N)c(C)c2)n1. The van der Waals surface area contributed by atoms with Crippen LogP contribution in [0.1, 0.15) is 21.6 Å². The first kappa shape index (κ1) is 13.3. The molecule has 0 spiro atoms. The van der Waals surface area contributed by atoms with Gasteiger partial charge in [-0.2, -0.15) is 0 Å². The van der Waals surface area contributed by atoms with Gasteiger partial charge in [-0.05, 0) is 43.7 Å². The van der Waals surface area contributed by atoms with E-state index in [1.807, 2.05) is 6.92 Å². The molecule has 0 bridgehead atoms. The Labute approximate surface area is 115 Å². The third-order valence-electron chi connectivity index (χ3n) is 2.58. The number of aryl methyl sites for hydroxylation is 2. The molecule has 0 aliphatic heterocycles. The van der Waals surface area contributed by atoms with E-state index in [0.717, 1.165) is 5.56 Å². The number of anilines is 2. The van der Waals surface area contributed by atoms with Crippen molar-refractivity contribution in [2.24, 2.45) is 0 Å². The molecule has 0 fully saturated rings. The van der Waals surface area contributed by atoms with Crippen LogP contribution in [0.4, 0.5) is 11.6 Å². The van der Waals surface area contributed by atoms with Gasteiger partial charge in [-0.1, -0.05) is 11.6 Å². The number of halogens is 1. The molecule has 19 heavy (non-hydrogen) atoms. The van der Waals surface area contributed by atoms with Crippen molar-refractivity contribution in [3.63, 3.8) is 0 Å². The lowest BCUT2D eigenvalue weighted by molar-refractivity contribution is 0.102. The zero-order valence-corrected chi connectivity index (χ0v) is 11.3. The molecule has 0 aliphatic rings. The first-order valence-electron chi connectivity index (χ1n) is 5.64. The summed E-state index contributed by atoms with van der Waals surface area (Å²) < 4.78 is 0. The van der Waals surface area contributed by atoms with Crippen LogP contribution in [0.25, 0.3) is 0 Å². The van der Waals surface area contributed by atoms with Crippen molar-refractivity contribution < 1.29 is 4.79 Å². The van der Waals surface area contributed by atoms with Crippen LogP contribution in [-0.4, -0.2) is 15.9 Å². The van der Waals surface area contributed by atoms with E-state index < -0.39 is 0 Å². The Hall–Kier alpha value is -2.14. The van der Waals surface area contributed by atoms with Gasteiger partial charge in [0, 0.05) is 16.9 Å². The molecule has 2 aromatic rings. The van der Waals surface area contributed by atoms with Crippen molar-refractivity contribution in [3.05, 3.63) is 46.2 Å². The third-order valence-corrected chi connectivity index (χ3v) is 2.77. The number of hydrogen-bond acceptors (Lipinski definition) is 4. The van der Waals surface area contributed by atoms with Crippen LogP contribution in [0.3, 0.4) is 0 Å².